The number of hydrogen-bond donors (Lipinski definition) is 1. The maximum atomic E-state index is 10.5. The van der Waals surface area contributed by atoms with Crippen LogP contribution in [0.4, 0.5) is 0 Å². The number of rotatable bonds is 5. The van der Waals surface area contributed by atoms with Crippen LogP contribution in [0, 0.1) is 0 Å². The number of hydrogen-bond acceptors (Lipinski definition) is 2. The zero-order valence-electron chi connectivity index (χ0n) is 8.19. The van der Waals surface area contributed by atoms with Gasteiger partial charge in [0.25, 0.3) is 0 Å². The van der Waals surface area contributed by atoms with E-state index in [0.717, 1.165) is 18.6 Å². The van der Waals surface area contributed by atoms with Crippen LogP contribution in [-0.2, 0) is 0 Å². The van der Waals surface area contributed by atoms with E-state index in [1.807, 2.05) is 0 Å². The van der Waals surface area contributed by atoms with E-state index in [4.69, 9.17) is 9.84 Å². The minimum absolute atomic E-state index is 0. The molecule has 0 unspecified atom stereocenters. The molecule has 0 saturated carbocycles. The van der Waals surface area contributed by atoms with E-state index >= 15 is 0 Å². The molecule has 0 aromatic heterocycles. The molecule has 0 bridgehead atoms. The SMILES string of the molecule is CCCCOc1ccc(C(=O)O)cc1.[NaH]. The first-order valence-electron chi connectivity index (χ1n) is 4.70. The monoisotopic (exact) mass is 218 g/mol. The number of carbonyl (C=O) groups is 1. The Morgan fingerprint density at radius 2 is 1.93 bits per heavy atom. The van der Waals surface area contributed by atoms with E-state index in [2.05, 4.69) is 6.92 Å². The third kappa shape index (κ3) is 5.21. The Morgan fingerprint density at radius 3 is 2.40 bits per heavy atom. The van der Waals surface area contributed by atoms with E-state index in [9.17, 15) is 4.79 Å². The van der Waals surface area contributed by atoms with Crippen LogP contribution >= 0.6 is 0 Å². The normalized spacial score (nSPS) is 9.13. The zero-order chi connectivity index (χ0) is 10.4. The summed E-state index contributed by atoms with van der Waals surface area (Å²) >= 11 is 0. The van der Waals surface area contributed by atoms with Crippen LogP contribution in [0.25, 0.3) is 0 Å². The van der Waals surface area contributed by atoms with Crippen LogP contribution < -0.4 is 4.74 Å². The van der Waals surface area contributed by atoms with Crippen molar-refractivity contribution in [1.82, 2.24) is 0 Å². The van der Waals surface area contributed by atoms with E-state index in [0.29, 0.717) is 6.61 Å². The Labute approximate surface area is 112 Å². The number of benzene rings is 1. The van der Waals surface area contributed by atoms with Crippen molar-refractivity contribution in [3.05, 3.63) is 29.8 Å². The van der Waals surface area contributed by atoms with Crippen LogP contribution in [0.15, 0.2) is 24.3 Å². The fourth-order valence-corrected chi connectivity index (χ4v) is 1.03. The summed E-state index contributed by atoms with van der Waals surface area (Å²) in [6, 6.07) is 6.45. The molecule has 0 aliphatic carbocycles. The van der Waals surface area contributed by atoms with Gasteiger partial charge >= 0.3 is 35.5 Å². The van der Waals surface area contributed by atoms with Gasteiger partial charge in [0, 0.05) is 0 Å². The fourth-order valence-electron chi connectivity index (χ4n) is 1.03. The first-order valence-corrected chi connectivity index (χ1v) is 4.70. The summed E-state index contributed by atoms with van der Waals surface area (Å²) in [5.74, 6) is -0.187. The number of aromatic carboxylic acids is 1. The molecule has 0 saturated heterocycles. The standard InChI is InChI=1S/C11H14O3.Na.H/c1-2-3-8-14-10-6-4-9(5-7-10)11(12)13;;/h4-7H,2-3,8H2,1H3,(H,12,13);;. The first-order chi connectivity index (χ1) is 6.74. The van der Waals surface area contributed by atoms with E-state index in [1.165, 1.54) is 0 Å². The summed E-state index contributed by atoms with van der Waals surface area (Å²) in [5.41, 5.74) is 0.285. The Hall–Kier alpha value is -0.510. The van der Waals surface area contributed by atoms with Gasteiger partial charge in [0.1, 0.15) is 5.75 Å². The molecule has 0 heterocycles. The van der Waals surface area contributed by atoms with Gasteiger partial charge in [-0.2, -0.15) is 0 Å². The third-order valence-corrected chi connectivity index (χ3v) is 1.87. The van der Waals surface area contributed by atoms with Gasteiger partial charge in [-0.1, -0.05) is 13.3 Å². The summed E-state index contributed by atoms with van der Waals surface area (Å²) in [6.07, 6.45) is 2.11. The second-order valence-electron chi connectivity index (χ2n) is 3.03. The molecule has 0 radical (unpaired) electrons. The molecule has 0 amide bonds. The van der Waals surface area contributed by atoms with Gasteiger partial charge in [0.05, 0.1) is 12.2 Å². The van der Waals surface area contributed by atoms with Crippen molar-refractivity contribution in [3.8, 4) is 5.75 Å². The molecular formula is C11H15NaO3. The van der Waals surface area contributed by atoms with Gasteiger partial charge in [-0.25, -0.2) is 4.79 Å². The van der Waals surface area contributed by atoms with Gasteiger partial charge in [-0.3, -0.25) is 0 Å². The van der Waals surface area contributed by atoms with Gasteiger partial charge in [-0.15, -0.1) is 0 Å². The maximum absolute atomic E-state index is 10.5. The summed E-state index contributed by atoms with van der Waals surface area (Å²) in [7, 11) is 0. The quantitative estimate of drug-likeness (QED) is 0.606. The minimum atomic E-state index is -0.912. The number of carboxylic acid groups (broad SMARTS) is 1. The van der Waals surface area contributed by atoms with E-state index in [-0.39, 0.29) is 35.1 Å². The van der Waals surface area contributed by atoms with Crippen LogP contribution in [0.5, 0.6) is 5.75 Å². The molecular weight excluding hydrogens is 203 g/mol. The average molecular weight is 218 g/mol. The summed E-state index contributed by atoms with van der Waals surface area (Å²) < 4.78 is 5.39. The third-order valence-electron chi connectivity index (χ3n) is 1.87. The Bertz CT molecular complexity index is 295. The van der Waals surface area contributed by atoms with Crippen molar-refractivity contribution in [3.63, 3.8) is 0 Å². The molecule has 1 aromatic carbocycles. The molecule has 78 valence electrons. The van der Waals surface area contributed by atoms with Crippen LogP contribution in [0.3, 0.4) is 0 Å². The molecule has 15 heavy (non-hydrogen) atoms. The van der Waals surface area contributed by atoms with Gasteiger partial charge in [0.15, 0.2) is 0 Å². The molecule has 1 N–H and O–H groups in total. The predicted octanol–water partition coefficient (Wildman–Crippen LogP) is 1.92. The number of carboxylic acids is 1. The second-order valence-corrected chi connectivity index (χ2v) is 3.03. The molecule has 4 heteroatoms. The predicted molar refractivity (Wildman–Crippen MR) is 61.0 cm³/mol. The topological polar surface area (TPSA) is 46.5 Å². The van der Waals surface area contributed by atoms with Crippen molar-refractivity contribution in [2.24, 2.45) is 0 Å². The number of unbranched alkanes of at least 4 members (excludes halogenated alkanes) is 1. The van der Waals surface area contributed by atoms with Gasteiger partial charge in [-0.05, 0) is 30.7 Å². The van der Waals surface area contributed by atoms with Gasteiger partial charge in [0.2, 0.25) is 0 Å². The van der Waals surface area contributed by atoms with Crippen LogP contribution in [-0.4, -0.2) is 47.2 Å². The van der Waals surface area contributed by atoms with Crippen molar-refractivity contribution >= 4 is 35.5 Å². The second kappa shape index (κ2) is 7.74. The Balaban J connectivity index is 0.00000196. The van der Waals surface area contributed by atoms with Crippen molar-refractivity contribution in [1.29, 1.82) is 0 Å². The van der Waals surface area contributed by atoms with Crippen LogP contribution in [0.2, 0.25) is 0 Å². The molecule has 3 nitrogen and oxygen atoms in total. The van der Waals surface area contributed by atoms with Crippen molar-refractivity contribution < 1.29 is 14.6 Å². The summed E-state index contributed by atoms with van der Waals surface area (Å²) in [4.78, 5) is 10.5. The molecule has 0 fully saturated rings. The molecule has 1 aromatic rings. The molecule has 0 aliphatic heterocycles. The molecule has 0 aliphatic rings. The van der Waals surface area contributed by atoms with E-state index in [1.54, 1.807) is 24.3 Å². The van der Waals surface area contributed by atoms with Crippen LogP contribution in [0.1, 0.15) is 30.1 Å². The molecule has 0 atom stereocenters. The van der Waals surface area contributed by atoms with E-state index < -0.39 is 5.97 Å². The Kier molecular flexibility index (Phi) is 7.48. The summed E-state index contributed by atoms with van der Waals surface area (Å²) in [6.45, 7) is 2.78. The Morgan fingerprint density at radius 1 is 1.33 bits per heavy atom. The zero-order valence-corrected chi connectivity index (χ0v) is 8.19. The molecule has 0 spiro atoms. The van der Waals surface area contributed by atoms with Crippen molar-refractivity contribution in [2.75, 3.05) is 6.61 Å². The average Bonchev–Trinajstić information content (AvgIpc) is 2.19. The van der Waals surface area contributed by atoms with Crippen molar-refractivity contribution in [2.45, 2.75) is 19.8 Å². The van der Waals surface area contributed by atoms with Gasteiger partial charge < -0.3 is 9.84 Å². The molecule has 1 rings (SSSR count). The first kappa shape index (κ1) is 14.5. The summed E-state index contributed by atoms with van der Waals surface area (Å²) in [5, 5.41) is 8.65. The number of ether oxygens (including phenoxy) is 1. The fraction of sp³-hybridized carbons (Fsp3) is 0.364.